The van der Waals surface area contributed by atoms with Gasteiger partial charge < -0.3 is 0 Å². The molecule has 0 fully saturated rings. The van der Waals surface area contributed by atoms with E-state index in [0.717, 1.165) is 0 Å². The molecule has 2 aromatic rings. The molecule has 0 unspecified atom stereocenters. The molecule has 0 amide bonds. The molecule has 0 aliphatic rings. The maximum absolute atomic E-state index is 2.27. The zero-order valence-corrected chi connectivity index (χ0v) is 21.8. The zero-order valence-electron chi connectivity index (χ0n) is 18.9. The molecule has 2 rings (SSSR count). The third-order valence-corrected chi connectivity index (χ3v) is 6.15. The van der Waals surface area contributed by atoms with Gasteiger partial charge in [0.05, 0.1) is 0 Å². The van der Waals surface area contributed by atoms with Gasteiger partial charge in [0.15, 0.2) is 0 Å². The summed E-state index contributed by atoms with van der Waals surface area (Å²) < 4.78 is 0. The molecule has 0 saturated heterocycles. The number of hydrogen-bond donors (Lipinski definition) is 0. The van der Waals surface area contributed by atoms with Crippen LogP contribution in [0.3, 0.4) is 0 Å². The van der Waals surface area contributed by atoms with Gasteiger partial charge in [-0.05, 0) is 0 Å². The Morgan fingerprint density at radius 2 is 0.600 bits per heavy atom. The predicted octanol–water partition coefficient (Wildman–Crippen LogP) is 7.52. The first kappa shape index (κ1) is 24.3. The summed E-state index contributed by atoms with van der Waals surface area (Å²) in [5.41, 5.74) is 15.1. The fourth-order valence-corrected chi connectivity index (χ4v) is 4.23. The van der Waals surface area contributed by atoms with Crippen molar-refractivity contribution in [1.82, 2.24) is 0 Å². The van der Waals surface area contributed by atoms with Gasteiger partial charge in [-0.2, -0.15) is 44.5 Å². The van der Waals surface area contributed by atoms with Crippen molar-refractivity contribution in [2.24, 2.45) is 0 Å². The van der Waals surface area contributed by atoms with Gasteiger partial charge in [-0.3, -0.25) is 0 Å². The average molecular weight is 392 g/mol. The van der Waals surface area contributed by atoms with Crippen LogP contribution >= 0.6 is 0 Å². The molecule has 0 saturated carbocycles. The summed E-state index contributed by atoms with van der Waals surface area (Å²) in [6, 6.07) is 0. The molecule has 0 heterocycles. The van der Waals surface area contributed by atoms with E-state index in [1.54, 1.807) is 11.1 Å². The number of hydrogen-bond acceptors (Lipinski definition) is 0. The molecule has 136 valence electrons. The summed E-state index contributed by atoms with van der Waals surface area (Å²) in [5, 5.41) is 0. The van der Waals surface area contributed by atoms with Gasteiger partial charge in [0.1, 0.15) is 0 Å². The number of rotatable bonds is 2. The van der Waals surface area contributed by atoms with E-state index in [9.17, 15) is 0 Å². The molecule has 25 heavy (non-hydrogen) atoms. The SMILES string of the molecule is Cc1c(C)c(C)[c-](C(C)C)c1C.Cc1c(C)c(C)[c-](C(C)C)c1C.[Zn+2]. The second-order valence-corrected chi connectivity index (χ2v) is 8.14. The van der Waals surface area contributed by atoms with Crippen molar-refractivity contribution in [2.45, 2.75) is 94.9 Å². The molecule has 0 nitrogen and oxygen atoms in total. The first-order chi connectivity index (χ1) is 10.9. The van der Waals surface area contributed by atoms with Crippen LogP contribution in [0, 0.1) is 55.4 Å². The Kier molecular flexibility index (Phi) is 9.06. The van der Waals surface area contributed by atoms with Crippen molar-refractivity contribution in [3.63, 3.8) is 0 Å². The summed E-state index contributed by atoms with van der Waals surface area (Å²) in [7, 11) is 0. The van der Waals surface area contributed by atoms with E-state index in [2.05, 4.69) is 83.1 Å². The van der Waals surface area contributed by atoms with Crippen LogP contribution in [0.2, 0.25) is 0 Å². The Morgan fingerprint density at radius 3 is 0.680 bits per heavy atom. The molecule has 0 bridgehead atoms. The standard InChI is InChI=1S/2C12H19.Zn/c2*1-7(2)12-10(5)8(3)9(4)11(12)6;/h2*7H,1-6H3;/q2*-1;+2. The Balaban J connectivity index is 0.000000443. The van der Waals surface area contributed by atoms with Crippen LogP contribution in [-0.2, 0) is 19.5 Å². The van der Waals surface area contributed by atoms with Gasteiger partial charge in [-0.15, -0.1) is 11.1 Å². The Morgan fingerprint density at radius 1 is 0.440 bits per heavy atom. The van der Waals surface area contributed by atoms with E-state index in [1.165, 1.54) is 44.5 Å². The quantitative estimate of drug-likeness (QED) is 0.366. The third kappa shape index (κ3) is 4.74. The topological polar surface area (TPSA) is 0 Å². The molecule has 0 spiro atoms. The maximum atomic E-state index is 2.27. The second kappa shape index (κ2) is 9.32. The van der Waals surface area contributed by atoms with E-state index >= 15 is 0 Å². The third-order valence-electron chi connectivity index (χ3n) is 6.15. The van der Waals surface area contributed by atoms with Crippen molar-refractivity contribution in [3.05, 3.63) is 55.6 Å². The molecule has 0 aliphatic carbocycles. The first-order valence-corrected chi connectivity index (χ1v) is 9.39. The molecule has 1 heteroatoms. The van der Waals surface area contributed by atoms with Gasteiger partial charge in [-0.25, -0.2) is 0 Å². The first-order valence-electron chi connectivity index (χ1n) is 9.39. The Labute approximate surface area is 169 Å². The predicted molar refractivity (Wildman–Crippen MR) is 110 cm³/mol. The van der Waals surface area contributed by atoms with Gasteiger partial charge in [0.2, 0.25) is 0 Å². The monoisotopic (exact) mass is 390 g/mol. The molecule has 0 atom stereocenters. The van der Waals surface area contributed by atoms with Crippen molar-refractivity contribution < 1.29 is 19.5 Å². The van der Waals surface area contributed by atoms with Crippen LogP contribution in [-0.4, -0.2) is 0 Å². The van der Waals surface area contributed by atoms with Crippen molar-refractivity contribution >= 4 is 0 Å². The fraction of sp³-hybridized carbons (Fsp3) is 0.583. The zero-order chi connectivity index (χ0) is 18.9. The minimum Gasteiger partial charge on any atom is -0.196 e. The molecule has 2 aromatic carbocycles. The van der Waals surface area contributed by atoms with Gasteiger partial charge in [0.25, 0.3) is 0 Å². The van der Waals surface area contributed by atoms with Crippen molar-refractivity contribution in [3.8, 4) is 0 Å². The molecular formula is C24H38Zn. The van der Waals surface area contributed by atoms with Crippen molar-refractivity contribution in [2.75, 3.05) is 0 Å². The second-order valence-electron chi connectivity index (χ2n) is 8.14. The van der Waals surface area contributed by atoms with Crippen LogP contribution in [0.25, 0.3) is 0 Å². The fourth-order valence-electron chi connectivity index (χ4n) is 4.23. The molecule has 0 N–H and O–H groups in total. The average Bonchev–Trinajstić information content (AvgIpc) is 2.80. The smallest absolute Gasteiger partial charge is 0.196 e. The molecular weight excluding hydrogens is 354 g/mol. The van der Waals surface area contributed by atoms with Gasteiger partial charge >= 0.3 is 19.5 Å². The molecule has 0 aromatic heterocycles. The normalized spacial score (nSPS) is 10.8. The largest absolute Gasteiger partial charge is 2.00 e. The molecule has 0 aliphatic heterocycles. The Hall–Kier alpha value is -0.677. The minimum atomic E-state index is 0. The summed E-state index contributed by atoms with van der Waals surface area (Å²) in [4.78, 5) is 0. The van der Waals surface area contributed by atoms with Gasteiger partial charge in [-0.1, -0.05) is 94.9 Å². The van der Waals surface area contributed by atoms with Crippen LogP contribution < -0.4 is 0 Å². The van der Waals surface area contributed by atoms with Crippen LogP contribution in [0.5, 0.6) is 0 Å². The van der Waals surface area contributed by atoms with E-state index < -0.39 is 0 Å². The van der Waals surface area contributed by atoms with Crippen LogP contribution in [0.1, 0.15) is 95.2 Å². The summed E-state index contributed by atoms with van der Waals surface area (Å²) in [6.45, 7) is 27.0. The van der Waals surface area contributed by atoms with E-state index in [-0.39, 0.29) is 19.5 Å². The Bertz CT molecular complexity index is 592. The minimum absolute atomic E-state index is 0. The van der Waals surface area contributed by atoms with Gasteiger partial charge in [0, 0.05) is 0 Å². The van der Waals surface area contributed by atoms with E-state index in [0.29, 0.717) is 11.8 Å². The van der Waals surface area contributed by atoms with E-state index in [1.807, 2.05) is 0 Å². The molecule has 0 radical (unpaired) electrons. The summed E-state index contributed by atoms with van der Waals surface area (Å²) >= 11 is 0. The van der Waals surface area contributed by atoms with Crippen molar-refractivity contribution in [1.29, 1.82) is 0 Å². The summed E-state index contributed by atoms with van der Waals surface area (Å²) in [5.74, 6) is 1.33. The summed E-state index contributed by atoms with van der Waals surface area (Å²) in [6.07, 6.45) is 0. The van der Waals surface area contributed by atoms with Crippen LogP contribution in [0.15, 0.2) is 0 Å². The van der Waals surface area contributed by atoms with Crippen LogP contribution in [0.4, 0.5) is 0 Å². The van der Waals surface area contributed by atoms with E-state index in [4.69, 9.17) is 0 Å². The maximum Gasteiger partial charge on any atom is 2.00 e.